The molecule has 30 heavy (non-hydrogen) atoms. The van der Waals surface area contributed by atoms with Crippen LogP contribution in [-0.4, -0.2) is 39.3 Å². The Labute approximate surface area is 179 Å². The summed E-state index contributed by atoms with van der Waals surface area (Å²) in [6.07, 6.45) is 1.00. The van der Waals surface area contributed by atoms with Gasteiger partial charge in [-0.25, -0.2) is 0 Å². The number of hydrogen-bond acceptors (Lipinski definition) is 7. The zero-order chi connectivity index (χ0) is 21.9. The summed E-state index contributed by atoms with van der Waals surface area (Å²) in [5, 5.41) is 35.5. The zero-order valence-corrected chi connectivity index (χ0v) is 17.1. The third-order valence-corrected chi connectivity index (χ3v) is 4.28. The number of ether oxygens (including phenoxy) is 3. The van der Waals surface area contributed by atoms with Crippen LogP contribution in [0.1, 0.15) is 37.4 Å². The van der Waals surface area contributed by atoms with Crippen LogP contribution in [0.3, 0.4) is 0 Å². The van der Waals surface area contributed by atoms with E-state index in [4.69, 9.17) is 30.0 Å². The molecule has 3 unspecified atom stereocenters. The fourth-order valence-electron chi connectivity index (χ4n) is 2.79. The molecule has 0 heterocycles. The standard InChI is InChI=1S/C22H26BN4O3/c24-11-4-10-23-17-21(28-15-5-12-25)22(29-16-6-13-26)18-30-20(9-14-27)19-7-2-1-3-8-19/h1-3,7-8,20-22H,4-6,9-10,15-18H2. The van der Waals surface area contributed by atoms with Gasteiger partial charge in [0, 0.05) is 6.42 Å². The Morgan fingerprint density at radius 1 is 0.767 bits per heavy atom. The van der Waals surface area contributed by atoms with E-state index in [2.05, 4.69) is 12.1 Å². The second-order valence-corrected chi connectivity index (χ2v) is 6.45. The van der Waals surface area contributed by atoms with Crippen molar-refractivity contribution in [2.75, 3.05) is 19.8 Å². The molecule has 0 aliphatic heterocycles. The molecule has 0 saturated heterocycles. The summed E-state index contributed by atoms with van der Waals surface area (Å²) in [4.78, 5) is 0. The Balaban J connectivity index is 2.84. The van der Waals surface area contributed by atoms with Gasteiger partial charge in [-0.05, 0) is 5.56 Å². The molecule has 0 spiro atoms. The normalized spacial score (nSPS) is 13.1. The summed E-state index contributed by atoms with van der Waals surface area (Å²) >= 11 is 0. The predicted octanol–water partition coefficient (Wildman–Crippen LogP) is 3.71. The average Bonchev–Trinajstić information content (AvgIpc) is 2.77. The number of benzene rings is 1. The van der Waals surface area contributed by atoms with Gasteiger partial charge in [-0.1, -0.05) is 43.0 Å². The lowest BCUT2D eigenvalue weighted by Crippen LogP contribution is -2.37. The van der Waals surface area contributed by atoms with Crippen LogP contribution < -0.4 is 0 Å². The molecule has 0 fully saturated rings. The van der Waals surface area contributed by atoms with E-state index < -0.39 is 12.2 Å². The first-order chi connectivity index (χ1) is 14.8. The molecule has 0 amide bonds. The summed E-state index contributed by atoms with van der Waals surface area (Å²) in [5.41, 5.74) is 0.900. The highest BCUT2D eigenvalue weighted by molar-refractivity contribution is 6.35. The number of hydrogen-bond donors (Lipinski definition) is 0. The molecule has 1 rings (SSSR count). The van der Waals surface area contributed by atoms with Crippen molar-refractivity contribution in [1.82, 2.24) is 0 Å². The third-order valence-electron chi connectivity index (χ3n) is 4.28. The summed E-state index contributed by atoms with van der Waals surface area (Å²) in [7, 11) is 1.96. The lowest BCUT2D eigenvalue weighted by molar-refractivity contribution is -0.108. The van der Waals surface area contributed by atoms with Crippen LogP contribution in [0, 0.1) is 45.3 Å². The van der Waals surface area contributed by atoms with Crippen LogP contribution in [0.25, 0.3) is 0 Å². The van der Waals surface area contributed by atoms with Gasteiger partial charge in [0.15, 0.2) is 0 Å². The van der Waals surface area contributed by atoms with Gasteiger partial charge >= 0.3 is 0 Å². The van der Waals surface area contributed by atoms with E-state index in [0.29, 0.717) is 19.1 Å². The molecule has 0 bridgehead atoms. The van der Waals surface area contributed by atoms with Gasteiger partial charge in [0.05, 0.1) is 75.6 Å². The molecule has 0 aromatic heterocycles. The van der Waals surface area contributed by atoms with Gasteiger partial charge in [0.2, 0.25) is 0 Å². The van der Waals surface area contributed by atoms with Gasteiger partial charge in [-0.3, -0.25) is 0 Å². The Morgan fingerprint density at radius 3 is 2.00 bits per heavy atom. The third kappa shape index (κ3) is 10.6. The highest BCUT2D eigenvalue weighted by Crippen LogP contribution is 2.22. The maximum absolute atomic E-state index is 9.17. The summed E-state index contributed by atoms with van der Waals surface area (Å²) in [6.45, 7) is 0.663. The minimum absolute atomic E-state index is 0.177. The fraction of sp³-hybridized carbons (Fsp3) is 0.545. The first kappa shape index (κ1) is 25.2. The molecule has 1 aromatic rings. The van der Waals surface area contributed by atoms with Crippen LogP contribution in [-0.2, 0) is 14.2 Å². The van der Waals surface area contributed by atoms with Crippen molar-refractivity contribution in [2.45, 2.75) is 56.6 Å². The molecule has 8 heteroatoms. The summed E-state index contributed by atoms with van der Waals surface area (Å²) < 4.78 is 17.8. The summed E-state index contributed by atoms with van der Waals surface area (Å²) in [6, 6.07) is 17.8. The Hall–Kier alpha value is -2.88. The van der Waals surface area contributed by atoms with Crippen molar-refractivity contribution in [3.8, 4) is 24.3 Å². The SMILES string of the molecule is N#CCC[B]CC(OCCC#N)C(COC(CC#N)c1ccccc1)OCCC#N. The van der Waals surface area contributed by atoms with E-state index in [1.807, 2.05) is 49.7 Å². The van der Waals surface area contributed by atoms with Gasteiger partial charge in [0.25, 0.3) is 0 Å². The van der Waals surface area contributed by atoms with Gasteiger partial charge in [0.1, 0.15) is 13.4 Å². The molecule has 1 radical (unpaired) electrons. The molecule has 0 aliphatic rings. The molecule has 1 aromatic carbocycles. The first-order valence-electron chi connectivity index (χ1n) is 9.96. The van der Waals surface area contributed by atoms with E-state index in [1.165, 1.54) is 0 Å². The topological polar surface area (TPSA) is 123 Å². The van der Waals surface area contributed by atoms with E-state index in [9.17, 15) is 5.26 Å². The van der Waals surface area contributed by atoms with Crippen LogP contribution in [0.5, 0.6) is 0 Å². The van der Waals surface area contributed by atoms with E-state index in [-0.39, 0.29) is 45.2 Å². The molecule has 0 N–H and O–H groups in total. The van der Waals surface area contributed by atoms with Crippen molar-refractivity contribution in [3.05, 3.63) is 35.9 Å². The smallest absolute Gasteiger partial charge is 0.114 e. The van der Waals surface area contributed by atoms with Crippen molar-refractivity contribution in [2.24, 2.45) is 0 Å². The largest absolute Gasteiger partial charge is 0.375 e. The molecule has 155 valence electrons. The van der Waals surface area contributed by atoms with Gasteiger partial charge < -0.3 is 14.2 Å². The second kappa shape index (κ2) is 17.0. The summed E-state index contributed by atoms with van der Waals surface area (Å²) in [5.74, 6) is 0. The monoisotopic (exact) mass is 405 g/mol. The molecular weight excluding hydrogens is 379 g/mol. The van der Waals surface area contributed by atoms with Crippen molar-refractivity contribution in [1.29, 1.82) is 21.0 Å². The quantitative estimate of drug-likeness (QED) is 0.303. The predicted molar refractivity (Wildman–Crippen MR) is 111 cm³/mol. The van der Waals surface area contributed by atoms with Crippen molar-refractivity contribution < 1.29 is 14.2 Å². The Kier molecular flexibility index (Phi) is 14.3. The van der Waals surface area contributed by atoms with E-state index >= 15 is 0 Å². The van der Waals surface area contributed by atoms with Crippen LogP contribution >= 0.6 is 0 Å². The zero-order valence-electron chi connectivity index (χ0n) is 17.1. The van der Waals surface area contributed by atoms with Crippen LogP contribution in [0.4, 0.5) is 0 Å². The minimum atomic E-state index is -0.472. The lowest BCUT2D eigenvalue weighted by Gasteiger charge is -2.29. The first-order valence-corrected chi connectivity index (χ1v) is 9.96. The maximum Gasteiger partial charge on any atom is 0.114 e. The molecule has 0 aliphatic carbocycles. The van der Waals surface area contributed by atoms with E-state index in [1.54, 1.807) is 0 Å². The van der Waals surface area contributed by atoms with Gasteiger partial charge in [-0.15, -0.1) is 0 Å². The van der Waals surface area contributed by atoms with Gasteiger partial charge in [-0.2, -0.15) is 21.0 Å². The second-order valence-electron chi connectivity index (χ2n) is 6.45. The molecule has 3 atom stereocenters. The maximum atomic E-state index is 9.17. The minimum Gasteiger partial charge on any atom is -0.375 e. The number of rotatable bonds is 16. The number of nitriles is 4. The number of nitrogens with zero attached hydrogens (tertiary/aromatic N) is 4. The highest BCUT2D eigenvalue weighted by atomic mass is 16.6. The van der Waals surface area contributed by atoms with Crippen LogP contribution in [0.2, 0.25) is 12.6 Å². The molecular formula is C22H26BN4O3. The van der Waals surface area contributed by atoms with E-state index in [0.717, 1.165) is 5.56 Å². The Bertz CT molecular complexity index is 749. The fourth-order valence-corrected chi connectivity index (χ4v) is 2.79. The Morgan fingerprint density at radius 2 is 1.40 bits per heavy atom. The average molecular weight is 405 g/mol. The van der Waals surface area contributed by atoms with Crippen molar-refractivity contribution >= 4 is 7.28 Å². The van der Waals surface area contributed by atoms with Crippen molar-refractivity contribution in [3.63, 3.8) is 0 Å². The van der Waals surface area contributed by atoms with Crippen LogP contribution in [0.15, 0.2) is 30.3 Å². The molecule has 0 saturated carbocycles. The highest BCUT2D eigenvalue weighted by Gasteiger charge is 2.25. The lowest BCUT2D eigenvalue weighted by atomic mass is 9.67. The molecule has 7 nitrogen and oxygen atoms in total.